The maximum absolute atomic E-state index is 13.5. The third-order valence-corrected chi connectivity index (χ3v) is 2.77. The molecule has 0 saturated carbocycles. The van der Waals surface area contributed by atoms with E-state index >= 15 is 0 Å². The van der Waals surface area contributed by atoms with Crippen LogP contribution in [-0.2, 0) is 11.3 Å². The number of halogens is 2. The molecule has 0 amide bonds. The molecule has 2 rings (SSSR count). The van der Waals surface area contributed by atoms with E-state index in [9.17, 15) is 13.6 Å². The number of carbonyl (C=O) groups is 1. The topological polar surface area (TPSA) is 77.2 Å². The van der Waals surface area contributed by atoms with Gasteiger partial charge in [-0.2, -0.15) is 0 Å². The van der Waals surface area contributed by atoms with Crippen molar-refractivity contribution in [3.63, 3.8) is 0 Å². The maximum atomic E-state index is 13.5. The van der Waals surface area contributed by atoms with Gasteiger partial charge in [-0.1, -0.05) is 0 Å². The number of carbonyl (C=O) groups excluding carboxylic acids is 1. The van der Waals surface area contributed by atoms with Crippen LogP contribution in [0.25, 0.3) is 0 Å². The quantitative estimate of drug-likeness (QED) is 0.846. The number of nitrogens with two attached hydrogens (primary N) is 1. The van der Waals surface area contributed by atoms with E-state index in [1.54, 1.807) is 0 Å². The van der Waals surface area contributed by atoms with Crippen LogP contribution in [0, 0.1) is 11.6 Å². The zero-order chi connectivity index (χ0) is 15.4. The number of ether oxygens (including phenoxy) is 1. The number of hydrogen-bond acceptors (Lipinski definition) is 5. The summed E-state index contributed by atoms with van der Waals surface area (Å²) in [6.45, 7) is -0.0372. The summed E-state index contributed by atoms with van der Waals surface area (Å²) in [7, 11) is 1.22. The zero-order valence-corrected chi connectivity index (χ0v) is 11.2. The van der Waals surface area contributed by atoms with Gasteiger partial charge in [0.05, 0.1) is 19.0 Å². The van der Waals surface area contributed by atoms with Crippen LogP contribution in [0.3, 0.4) is 0 Å². The highest BCUT2D eigenvalue weighted by molar-refractivity contribution is 5.95. The minimum absolute atomic E-state index is 0.0372. The maximum Gasteiger partial charge on any atom is 0.341 e. The lowest BCUT2D eigenvalue weighted by atomic mass is 10.2. The Hall–Kier alpha value is -2.70. The van der Waals surface area contributed by atoms with Gasteiger partial charge < -0.3 is 15.8 Å². The molecule has 0 unspecified atom stereocenters. The van der Waals surface area contributed by atoms with E-state index in [1.165, 1.54) is 19.4 Å². The van der Waals surface area contributed by atoms with Gasteiger partial charge in [0.25, 0.3) is 0 Å². The molecule has 0 fully saturated rings. The summed E-state index contributed by atoms with van der Waals surface area (Å²) in [6.07, 6.45) is 1.34. The summed E-state index contributed by atoms with van der Waals surface area (Å²) in [6, 6.07) is 4.52. The molecule has 0 spiro atoms. The van der Waals surface area contributed by atoms with Crippen LogP contribution in [0.15, 0.2) is 30.5 Å². The number of aromatic nitrogens is 1. The Labute approximate surface area is 119 Å². The number of nitrogen functional groups attached to an aromatic ring is 1. The number of pyridine rings is 1. The summed E-state index contributed by atoms with van der Waals surface area (Å²) >= 11 is 0. The molecule has 1 aromatic heterocycles. The molecule has 0 bridgehead atoms. The fourth-order valence-corrected chi connectivity index (χ4v) is 1.75. The first-order valence-corrected chi connectivity index (χ1v) is 6.03. The van der Waals surface area contributed by atoms with Gasteiger partial charge in [-0.3, -0.25) is 0 Å². The number of anilines is 2. The van der Waals surface area contributed by atoms with E-state index < -0.39 is 17.6 Å². The lowest BCUT2D eigenvalue weighted by Gasteiger charge is -2.11. The molecule has 0 aliphatic rings. The average molecular weight is 293 g/mol. The molecule has 1 aromatic carbocycles. The van der Waals surface area contributed by atoms with E-state index in [1.807, 2.05) is 0 Å². The Morgan fingerprint density at radius 2 is 2.14 bits per heavy atom. The number of nitrogens with zero attached hydrogens (tertiary/aromatic N) is 1. The molecule has 21 heavy (non-hydrogen) atoms. The third-order valence-electron chi connectivity index (χ3n) is 2.77. The molecule has 1 heterocycles. The lowest BCUT2D eigenvalue weighted by molar-refractivity contribution is 0.0601. The molecular weight excluding hydrogens is 280 g/mol. The summed E-state index contributed by atoms with van der Waals surface area (Å²) in [5, 5.41) is 2.77. The lowest BCUT2D eigenvalue weighted by Crippen LogP contribution is -2.11. The van der Waals surface area contributed by atoms with Crippen molar-refractivity contribution >= 4 is 17.5 Å². The molecule has 0 aliphatic carbocycles. The summed E-state index contributed by atoms with van der Waals surface area (Å²) in [4.78, 5) is 15.6. The predicted molar refractivity (Wildman–Crippen MR) is 73.7 cm³/mol. The van der Waals surface area contributed by atoms with Gasteiger partial charge in [0.2, 0.25) is 0 Å². The summed E-state index contributed by atoms with van der Waals surface area (Å²) < 4.78 is 31.2. The van der Waals surface area contributed by atoms with Crippen molar-refractivity contribution in [1.82, 2.24) is 4.98 Å². The second kappa shape index (κ2) is 6.17. The first kappa shape index (κ1) is 14.7. The fourth-order valence-electron chi connectivity index (χ4n) is 1.75. The van der Waals surface area contributed by atoms with Crippen LogP contribution >= 0.6 is 0 Å². The van der Waals surface area contributed by atoms with E-state index in [0.717, 1.165) is 18.2 Å². The molecule has 0 radical (unpaired) electrons. The van der Waals surface area contributed by atoms with E-state index in [0.29, 0.717) is 0 Å². The number of rotatable bonds is 4. The highest BCUT2D eigenvalue weighted by atomic mass is 19.1. The number of benzene rings is 1. The van der Waals surface area contributed by atoms with Crippen molar-refractivity contribution in [3.8, 4) is 0 Å². The molecule has 7 heteroatoms. The fraction of sp³-hybridized carbons (Fsp3) is 0.143. The zero-order valence-electron chi connectivity index (χ0n) is 11.2. The molecular formula is C14H13F2N3O2. The molecule has 110 valence electrons. The molecule has 3 N–H and O–H groups in total. The van der Waals surface area contributed by atoms with Crippen molar-refractivity contribution in [2.75, 3.05) is 18.2 Å². The normalized spacial score (nSPS) is 10.2. The minimum atomic E-state index is -0.628. The van der Waals surface area contributed by atoms with Crippen molar-refractivity contribution in [2.45, 2.75) is 6.54 Å². The van der Waals surface area contributed by atoms with Crippen LogP contribution in [-0.4, -0.2) is 18.1 Å². The second-order valence-electron chi connectivity index (χ2n) is 4.25. The summed E-state index contributed by atoms with van der Waals surface area (Å²) in [5.41, 5.74) is 6.09. The van der Waals surface area contributed by atoms with Crippen LogP contribution in [0.2, 0.25) is 0 Å². The first-order valence-electron chi connectivity index (χ1n) is 6.03. The number of hydrogen-bond donors (Lipinski definition) is 2. The highest BCUT2D eigenvalue weighted by Crippen LogP contribution is 2.18. The summed E-state index contributed by atoms with van der Waals surface area (Å²) in [5.74, 6) is -1.55. The second-order valence-corrected chi connectivity index (χ2v) is 4.25. The van der Waals surface area contributed by atoms with E-state index in [2.05, 4.69) is 15.0 Å². The number of nitrogens with one attached hydrogen (secondary N) is 1. The van der Waals surface area contributed by atoms with Crippen molar-refractivity contribution in [3.05, 3.63) is 53.2 Å². The van der Waals surface area contributed by atoms with E-state index in [-0.39, 0.29) is 29.2 Å². The minimum Gasteiger partial charge on any atom is -0.465 e. The van der Waals surface area contributed by atoms with Crippen molar-refractivity contribution in [2.24, 2.45) is 0 Å². The van der Waals surface area contributed by atoms with Gasteiger partial charge in [-0.05, 0) is 24.3 Å². The van der Waals surface area contributed by atoms with Gasteiger partial charge in [0.15, 0.2) is 0 Å². The highest BCUT2D eigenvalue weighted by Gasteiger charge is 2.14. The molecule has 0 saturated heterocycles. The monoisotopic (exact) mass is 293 g/mol. The molecule has 5 nitrogen and oxygen atoms in total. The average Bonchev–Trinajstić information content (AvgIpc) is 2.48. The van der Waals surface area contributed by atoms with E-state index in [4.69, 9.17) is 5.73 Å². The molecule has 0 atom stereocenters. The SMILES string of the molecule is COC(=O)c1cc(N)cnc1NCc1cc(F)ccc1F. The van der Waals surface area contributed by atoms with Crippen LogP contribution in [0.5, 0.6) is 0 Å². The molecule has 0 aliphatic heterocycles. The first-order chi connectivity index (χ1) is 10.0. The van der Waals surface area contributed by atoms with Gasteiger partial charge in [-0.15, -0.1) is 0 Å². The van der Waals surface area contributed by atoms with Crippen LogP contribution < -0.4 is 11.1 Å². The Bertz CT molecular complexity index is 677. The standard InChI is InChI=1S/C14H13F2N3O2/c1-21-14(20)11-5-10(17)7-19-13(11)18-6-8-4-9(15)2-3-12(8)16/h2-5,7H,6,17H2,1H3,(H,18,19). The third kappa shape index (κ3) is 3.44. The predicted octanol–water partition coefficient (Wildman–Crippen LogP) is 2.34. The Morgan fingerprint density at radius 1 is 1.38 bits per heavy atom. The Balaban J connectivity index is 2.24. The van der Waals surface area contributed by atoms with Gasteiger partial charge in [-0.25, -0.2) is 18.6 Å². The van der Waals surface area contributed by atoms with Gasteiger partial charge in [0.1, 0.15) is 23.0 Å². The number of methoxy groups -OCH3 is 1. The molecule has 2 aromatic rings. The van der Waals surface area contributed by atoms with Crippen LogP contribution in [0.1, 0.15) is 15.9 Å². The largest absolute Gasteiger partial charge is 0.465 e. The van der Waals surface area contributed by atoms with Crippen molar-refractivity contribution in [1.29, 1.82) is 0 Å². The van der Waals surface area contributed by atoms with Crippen LogP contribution in [0.4, 0.5) is 20.3 Å². The smallest absolute Gasteiger partial charge is 0.341 e. The van der Waals surface area contributed by atoms with Gasteiger partial charge in [0, 0.05) is 12.1 Å². The Morgan fingerprint density at radius 3 is 2.86 bits per heavy atom. The number of esters is 1. The van der Waals surface area contributed by atoms with Gasteiger partial charge >= 0.3 is 5.97 Å². The van der Waals surface area contributed by atoms with Crippen molar-refractivity contribution < 1.29 is 18.3 Å². The Kier molecular flexibility index (Phi) is 4.32.